The number of anilines is 1. The van der Waals surface area contributed by atoms with Gasteiger partial charge in [-0.1, -0.05) is 0 Å². The van der Waals surface area contributed by atoms with Crippen LogP contribution < -0.4 is 10.6 Å². The van der Waals surface area contributed by atoms with Crippen LogP contribution in [0.2, 0.25) is 0 Å². The van der Waals surface area contributed by atoms with Crippen LogP contribution in [-0.4, -0.2) is 42.1 Å². The number of aliphatic hydroxyl groups excluding tert-OH is 1. The number of rotatable bonds is 3. The third-order valence-electron chi connectivity index (χ3n) is 3.50. The summed E-state index contributed by atoms with van der Waals surface area (Å²) in [6.07, 6.45) is -0.296. The molecule has 0 aliphatic carbocycles. The second-order valence-electron chi connectivity index (χ2n) is 5.13. The highest BCUT2D eigenvalue weighted by atomic mass is 16.5. The lowest BCUT2D eigenvalue weighted by Gasteiger charge is -2.16. The smallest absolute Gasteiger partial charge is 0.337 e. The average molecular weight is 306 g/mol. The minimum Gasteiger partial charge on any atom is -0.465 e. The summed E-state index contributed by atoms with van der Waals surface area (Å²) in [4.78, 5) is 35.2. The fourth-order valence-corrected chi connectivity index (χ4v) is 2.25. The Kier molecular flexibility index (Phi) is 4.77. The highest BCUT2D eigenvalue weighted by molar-refractivity contribution is 5.99. The van der Waals surface area contributed by atoms with Gasteiger partial charge in [-0.2, -0.15) is 0 Å². The van der Waals surface area contributed by atoms with Crippen LogP contribution in [0, 0.1) is 0 Å². The van der Waals surface area contributed by atoms with Crippen LogP contribution in [0.5, 0.6) is 0 Å². The lowest BCUT2D eigenvalue weighted by atomic mass is 10.0. The predicted octanol–water partition coefficient (Wildman–Crippen LogP) is 0.223. The summed E-state index contributed by atoms with van der Waals surface area (Å²) in [6, 6.07) is 4.15. The van der Waals surface area contributed by atoms with E-state index in [1.807, 2.05) is 0 Å². The number of amides is 2. The number of aliphatic hydroxyl groups is 1. The van der Waals surface area contributed by atoms with E-state index in [1.165, 1.54) is 14.0 Å². The maximum absolute atomic E-state index is 12.1. The molecule has 118 valence electrons. The third-order valence-corrected chi connectivity index (χ3v) is 3.50. The first-order chi connectivity index (χ1) is 10.4. The van der Waals surface area contributed by atoms with E-state index < -0.39 is 24.0 Å². The molecule has 2 amide bonds. The minimum absolute atomic E-state index is 0.349. The highest BCUT2D eigenvalue weighted by Crippen LogP contribution is 2.23. The van der Waals surface area contributed by atoms with Crippen molar-refractivity contribution in [3.05, 3.63) is 29.3 Å². The number of nitrogens with one attached hydrogen (secondary N) is 2. The molecule has 7 nitrogen and oxygen atoms in total. The Morgan fingerprint density at radius 1 is 1.45 bits per heavy atom. The largest absolute Gasteiger partial charge is 0.465 e. The fourth-order valence-electron chi connectivity index (χ4n) is 2.25. The van der Waals surface area contributed by atoms with Crippen molar-refractivity contribution in [2.75, 3.05) is 12.4 Å². The molecule has 0 saturated heterocycles. The molecule has 7 heteroatoms. The summed E-state index contributed by atoms with van der Waals surface area (Å²) in [6.45, 7) is 1.33. The van der Waals surface area contributed by atoms with Crippen LogP contribution in [0.15, 0.2) is 18.2 Å². The van der Waals surface area contributed by atoms with Crippen LogP contribution in [-0.2, 0) is 20.7 Å². The van der Waals surface area contributed by atoms with Crippen molar-refractivity contribution in [2.45, 2.75) is 31.9 Å². The van der Waals surface area contributed by atoms with E-state index in [-0.39, 0.29) is 5.91 Å². The van der Waals surface area contributed by atoms with Gasteiger partial charge in [0, 0.05) is 5.69 Å². The van der Waals surface area contributed by atoms with Gasteiger partial charge < -0.3 is 20.5 Å². The molecule has 0 aromatic heterocycles. The number of carbonyl (C=O) groups excluding carboxylic acids is 3. The van der Waals surface area contributed by atoms with E-state index in [0.29, 0.717) is 24.1 Å². The van der Waals surface area contributed by atoms with E-state index in [2.05, 4.69) is 15.4 Å². The number of ether oxygens (including phenoxy) is 1. The Hall–Kier alpha value is -2.41. The molecule has 2 unspecified atom stereocenters. The lowest BCUT2D eigenvalue weighted by Crippen LogP contribution is -2.46. The molecular formula is C15H18N2O5. The molecule has 2 atom stereocenters. The lowest BCUT2D eigenvalue weighted by molar-refractivity contribution is -0.132. The molecule has 0 fully saturated rings. The van der Waals surface area contributed by atoms with Gasteiger partial charge in [-0.05, 0) is 43.5 Å². The maximum atomic E-state index is 12.1. The Morgan fingerprint density at radius 3 is 2.82 bits per heavy atom. The molecule has 0 spiro atoms. The summed E-state index contributed by atoms with van der Waals surface area (Å²) in [5, 5.41) is 14.4. The molecule has 0 saturated carbocycles. The quantitative estimate of drug-likeness (QED) is 0.693. The molecule has 1 aliphatic rings. The van der Waals surface area contributed by atoms with E-state index >= 15 is 0 Å². The number of methoxy groups -OCH3 is 1. The molecule has 0 radical (unpaired) electrons. The molecule has 1 aromatic carbocycles. The highest BCUT2D eigenvalue weighted by Gasteiger charge is 2.26. The van der Waals surface area contributed by atoms with Crippen LogP contribution in [0.25, 0.3) is 0 Å². The van der Waals surface area contributed by atoms with E-state index in [0.717, 1.165) is 5.56 Å². The predicted molar refractivity (Wildman–Crippen MR) is 78.3 cm³/mol. The van der Waals surface area contributed by atoms with Gasteiger partial charge in [0.15, 0.2) is 0 Å². The van der Waals surface area contributed by atoms with Gasteiger partial charge in [0.05, 0.1) is 12.7 Å². The molecule has 1 aromatic rings. The summed E-state index contributed by atoms with van der Waals surface area (Å²) in [5.41, 5.74) is 1.80. The Balaban J connectivity index is 2.17. The second-order valence-corrected chi connectivity index (χ2v) is 5.13. The Labute approximate surface area is 127 Å². The minimum atomic E-state index is -1.18. The van der Waals surface area contributed by atoms with E-state index in [9.17, 15) is 19.5 Å². The van der Waals surface area contributed by atoms with Crippen molar-refractivity contribution in [1.29, 1.82) is 0 Å². The van der Waals surface area contributed by atoms with Gasteiger partial charge in [0.2, 0.25) is 11.8 Å². The SMILES string of the molecule is COC(=O)c1ccc2c(c1)CCC(NC(=O)C(C)O)C(=O)N2. The molecular weight excluding hydrogens is 288 g/mol. The standard InChI is InChI=1S/C15H18N2O5/c1-8(18)13(19)17-12-6-3-9-7-10(15(21)22-2)4-5-11(9)16-14(12)20/h4-5,7-8,12,18H,3,6H2,1-2H3,(H,16,20)(H,17,19). The van der Waals surface area contributed by atoms with Gasteiger partial charge in [-0.3, -0.25) is 9.59 Å². The number of aryl methyl sites for hydroxylation is 1. The summed E-state index contributed by atoms with van der Waals surface area (Å²) >= 11 is 0. The van der Waals surface area contributed by atoms with Crippen molar-refractivity contribution in [2.24, 2.45) is 0 Å². The number of hydrogen-bond acceptors (Lipinski definition) is 5. The van der Waals surface area contributed by atoms with E-state index in [1.54, 1.807) is 18.2 Å². The molecule has 1 aliphatic heterocycles. The average Bonchev–Trinajstić information content (AvgIpc) is 2.65. The Morgan fingerprint density at radius 2 is 2.18 bits per heavy atom. The van der Waals surface area contributed by atoms with Gasteiger partial charge >= 0.3 is 5.97 Å². The Bertz CT molecular complexity index is 612. The molecule has 22 heavy (non-hydrogen) atoms. The number of hydrogen-bond donors (Lipinski definition) is 3. The first-order valence-corrected chi connectivity index (χ1v) is 6.93. The summed E-state index contributed by atoms with van der Waals surface area (Å²) in [5.74, 6) is -1.39. The van der Waals surface area contributed by atoms with Crippen molar-refractivity contribution < 1.29 is 24.2 Å². The molecule has 2 rings (SSSR count). The van der Waals surface area contributed by atoms with Gasteiger partial charge in [-0.25, -0.2) is 4.79 Å². The topological polar surface area (TPSA) is 105 Å². The van der Waals surface area contributed by atoms with Crippen LogP contribution in [0.3, 0.4) is 0 Å². The van der Waals surface area contributed by atoms with E-state index in [4.69, 9.17) is 0 Å². The zero-order valence-corrected chi connectivity index (χ0v) is 12.4. The van der Waals surface area contributed by atoms with Gasteiger partial charge in [-0.15, -0.1) is 0 Å². The first kappa shape index (κ1) is 16.0. The number of esters is 1. The van der Waals surface area contributed by atoms with Crippen molar-refractivity contribution in [3.8, 4) is 0 Å². The van der Waals surface area contributed by atoms with Crippen molar-refractivity contribution in [1.82, 2.24) is 5.32 Å². The number of fused-ring (bicyclic) bond motifs is 1. The summed E-state index contributed by atoms with van der Waals surface area (Å²) in [7, 11) is 1.30. The van der Waals surface area contributed by atoms with Crippen LogP contribution in [0.1, 0.15) is 29.3 Å². The van der Waals surface area contributed by atoms with Gasteiger partial charge in [0.1, 0.15) is 12.1 Å². The molecule has 3 N–H and O–H groups in total. The molecule has 1 heterocycles. The normalized spacial score (nSPS) is 18.5. The van der Waals surface area contributed by atoms with Crippen molar-refractivity contribution >= 4 is 23.5 Å². The van der Waals surface area contributed by atoms with Crippen LogP contribution >= 0.6 is 0 Å². The van der Waals surface area contributed by atoms with Crippen molar-refractivity contribution in [3.63, 3.8) is 0 Å². The van der Waals surface area contributed by atoms with Gasteiger partial charge in [0.25, 0.3) is 0 Å². The zero-order chi connectivity index (χ0) is 16.3. The monoisotopic (exact) mass is 306 g/mol. The number of benzene rings is 1. The molecule has 0 bridgehead atoms. The third kappa shape index (κ3) is 3.43. The fraction of sp³-hybridized carbons (Fsp3) is 0.400. The zero-order valence-electron chi connectivity index (χ0n) is 12.4. The van der Waals surface area contributed by atoms with Crippen LogP contribution in [0.4, 0.5) is 5.69 Å². The maximum Gasteiger partial charge on any atom is 0.337 e. The number of carbonyl (C=O) groups is 3. The first-order valence-electron chi connectivity index (χ1n) is 6.93. The second kappa shape index (κ2) is 6.57. The summed E-state index contributed by atoms with van der Waals surface area (Å²) < 4.78 is 4.67.